The van der Waals surface area contributed by atoms with Crippen molar-refractivity contribution < 1.29 is 19.2 Å². The Hall–Kier alpha value is -0.541. The molecule has 0 aromatic heterocycles. The van der Waals surface area contributed by atoms with Gasteiger partial charge >= 0.3 is 52.4 Å². The van der Waals surface area contributed by atoms with Gasteiger partial charge in [0.1, 0.15) is 0 Å². The van der Waals surface area contributed by atoms with Gasteiger partial charge < -0.3 is 0 Å². The van der Waals surface area contributed by atoms with E-state index in [1.165, 1.54) is 6.08 Å². The third kappa shape index (κ3) is 3.64. The second-order valence-electron chi connectivity index (χ2n) is 0.912. The zero-order chi connectivity index (χ0) is 6.41. The Bertz CT molecular complexity index is 102. The molecule has 0 N–H and O–H groups in total. The third-order valence-corrected chi connectivity index (χ3v) is 0.914. The molecule has 0 spiro atoms. The molecule has 4 nitrogen and oxygen atoms in total. The van der Waals surface area contributed by atoms with Crippen LogP contribution in [-0.2, 0) is 15.4 Å². The summed E-state index contributed by atoms with van der Waals surface area (Å²) in [5, 5.41) is 0. The van der Waals surface area contributed by atoms with Crippen molar-refractivity contribution in [3.05, 3.63) is 22.5 Å². The van der Waals surface area contributed by atoms with Crippen molar-refractivity contribution in [3.63, 3.8) is 0 Å². The summed E-state index contributed by atoms with van der Waals surface area (Å²) < 4.78 is 2.88. The van der Waals surface area contributed by atoms with E-state index in [4.69, 9.17) is 0 Å². The average molecular weight is 157 g/mol. The normalized spacial score (nSPS) is 8.50. The van der Waals surface area contributed by atoms with E-state index in [9.17, 15) is 9.81 Å². The number of nitrogens with zero attached hydrogens (tertiary/aromatic N) is 2. The van der Waals surface area contributed by atoms with E-state index < -0.39 is 0 Å². The molecule has 0 radical (unpaired) electrons. The summed E-state index contributed by atoms with van der Waals surface area (Å²) in [6, 6.07) is 0. The molecule has 0 aliphatic rings. The summed E-state index contributed by atoms with van der Waals surface area (Å²) in [5.74, 6) is 0. The van der Waals surface area contributed by atoms with Crippen molar-refractivity contribution in [3.8, 4) is 0 Å². The third-order valence-electron chi connectivity index (χ3n) is 0.376. The molecule has 5 heteroatoms. The van der Waals surface area contributed by atoms with Crippen molar-refractivity contribution in [2.24, 2.45) is 4.19 Å². The maximum atomic E-state index is 10.2. The molecule has 0 aliphatic carbocycles. The monoisotopic (exact) mass is 157 g/mol. The predicted molar refractivity (Wildman–Crippen MR) is 24.5 cm³/mol. The van der Waals surface area contributed by atoms with Crippen molar-refractivity contribution in [1.29, 1.82) is 0 Å². The van der Waals surface area contributed by atoms with Crippen LogP contribution in [0.15, 0.2) is 16.8 Å². The summed E-state index contributed by atoms with van der Waals surface area (Å²) in [4.78, 5) is 19.6. The van der Waals surface area contributed by atoms with E-state index in [0.29, 0.717) is 3.78 Å². The maximum absolute atomic E-state index is 10.2. The predicted octanol–water partition coefficient (Wildman–Crippen LogP) is 0.630. The first-order valence-electron chi connectivity index (χ1n) is 1.81. The van der Waals surface area contributed by atoms with Crippen molar-refractivity contribution >= 4 is 0 Å². The molecule has 0 saturated heterocycles. The topological polar surface area (TPSA) is 49.5 Å². The summed E-state index contributed by atoms with van der Waals surface area (Å²) in [5.41, 5.74) is 0. The van der Waals surface area contributed by atoms with E-state index >= 15 is 0 Å². The Labute approximate surface area is 53.1 Å². The fourth-order valence-electron chi connectivity index (χ4n) is 0.159. The van der Waals surface area contributed by atoms with Gasteiger partial charge in [0, 0.05) is 0 Å². The second kappa shape index (κ2) is 4.61. The minimum absolute atomic E-state index is 0.158. The van der Waals surface area contributed by atoms with Crippen LogP contribution in [0.1, 0.15) is 0 Å². The first-order chi connectivity index (χ1) is 3.81. The van der Waals surface area contributed by atoms with Gasteiger partial charge in [0.05, 0.1) is 0 Å². The Morgan fingerprint density at radius 1 is 1.88 bits per heavy atom. The molecule has 46 valence electrons. The Kier molecular flexibility index (Phi) is 4.30. The summed E-state index contributed by atoms with van der Waals surface area (Å²) >= 11 is -0.313. The van der Waals surface area contributed by atoms with E-state index in [-0.39, 0.29) is 21.9 Å². The molecular formula is C3H5FeN2O2+. The van der Waals surface area contributed by atoms with Gasteiger partial charge in [-0.1, -0.05) is 0 Å². The molecule has 8 heavy (non-hydrogen) atoms. The Morgan fingerprint density at radius 3 is 2.88 bits per heavy atom. The molecule has 0 amide bonds. The summed E-state index contributed by atoms with van der Waals surface area (Å²) in [6.07, 6.45) is 1.41. The van der Waals surface area contributed by atoms with Crippen LogP contribution >= 0.6 is 0 Å². The van der Waals surface area contributed by atoms with Gasteiger partial charge in [0.25, 0.3) is 0 Å². The zero-order valence-electron chi connectivity index (χ0n) is 4.06. The zero-order valence-corrected chi connectivity index (χ0v) is 5.16. The number of hydrogen-bond donors (Lipinski definition) is 0. The van der Waals surface area contributed by atoms with Gasteiger partial charge in [0.15, 0.2) is 0 Å². The van der Waals surface area contributed by atoms with Crippen LogP contribution in [-0.4, -0.2) is 10.3 Å². The average Bonchev–Trinajstić information content (AvgIpc) is 1.68. The molecular weight excluding hydrogens is 152 g/mol. The Morgan fingerprint density at radius 2 is 2.50 bits per heavy atom. The molecule has 0 aromatic carbocycles. The molecule has 0 rings (SSSR count). The molecule has 0 saturated carbocycles. The van der Waals surface area contributed by atoms with Gasteiger partial charge in [-0.15, -0.1) is 0 Å². The van der Waals surface area contributed by atoms with E-state index in [0.717, 1.165) is 0 Å². The van der Waals surface area contributed by atoms with Crippen molar-refractivity contribution in [2.45, 2.75) is 0 Å². The van der Waals surface area contributed by atoms with Crippen LogP contribution < -0.4 is 0 Å². The summed E-state index contributed by atoms with van der Waals surface area (Å²) in [7, 11) is 0. The fourth-order valence-corrected chi connectivity index (χ4v) is 0.493. The van der Waals surface area contributed by atoms with Gasteiger partial charge in [-0.3, -0.25) is 0 Å². The van der Waals surface area contributed by atoms with Crippen LogP contribution in [0.25, 0.3) is 0 Å². The van der Waals surface area contributed by atoms with Crippen molar-refractivity contribution in [2.75, 3.05) is 6.54 Å². The van der Waals surface area contributed by atoms with Gasteiger partial charge in [0.2, 0.25) is 0 Å². The van der Waals surface area contributed by atoms with E-state index in [1.54, 1.807) is 0 Å². The number of hydrogen-bond acceptors (Lipinski definition) is 3. The van der Waals surface area contributed by atoms with E-state index in [2.05, 4.69) is 10.8 Å². The molecule has 0 unspecified atom stereocenters. The van der Waals surface area contributed by atoms with E-state index in [1.807, 2.05) is 0 Å². The molecule has 0 atom stereocenters. The molecule has 0 bridgehead atoms. The fraction of sp³-hybridized carbons (Fsp3) is 0.333. The molecule has 0 fully saturated rings. The van der Waals surface area contributed by atoms with Crippen LogP contribution in [0, 0.1) is 9.81 Å². The summed E-state index contributed by atoms with van der Waals surface area (Å²) in [6.45, 7) is 3.46. The number of nitroso groups, excluding NO2 is 2. The Balaban J connectivity index is 3.32. The van der Waals surface area contributed by atoms with Crippen LogP contribution in [0.5, 0.6) is 0 Å². The van der Waals surface area contributed by atoms with Gasteiger partial charge in [-0.2, -0.15) is 0 Å². The standard InChI is InChI=1S/C3H5NO.Fe.NO/c1-2-3-4-5;;1-2/h2H,1,3H2;;/q;+2;-1. The minimum atomic E-state index is -0.313. The second-order valence-corrected chi connectivity index (χ2v) is 1.89. The quantitative estimate of drug-likeness (QED) is 0.341. The SMILES string of the molecule is C=CC[N+](=O)[Fe][N]=O. The van der Waals surface area contributed by atoms with Gasteiger partial charge in [-0.25, -0.2) is 0 Å². The first-order valence-corrected chi connectivity index (χ1v) is 2.80. The molecule has 0 aromatic rings. The molecule has 0 heterocycles. The van der Waals surface area contributed by atoms with Crippen LogP contribution in [0.2, 0.25) is 0 Å². The van der Waals surface area contributed by atoms with Crippen LogP contribution in [0.3, 0.4) is 0 Å². The van der Waals surface area contributed by atoms with Gasteiger partial charge in [-0.05, 0) is 0 Å². The number of rotatable bonds is 4. The molecule has 0 aliphatic heterocycles. The first kappa shape index (κ1) is 7.46. The van der Waals surface area contributed by atoms with Crippen molar-refractivity contribution in [1.82, 2.24) is 0 Å². The van der Waals surface area contributed by atoms with Crippen LogP contribution in [0.4, 0.5) is 0 Å².